The number of methoxy groups -OCH3 is 1. The Labute approximate surface area is 96.6 Å². The monoisotopic (exact) mass is 244 g/mol. The predicted molar refractivity (Wildman–Crippen MR) is 60.7 cm³/mol. The summed E-state index contributed by atoms with van der Waals surface area (Å²) < 4.78 is 4.82. The Morgan fingerprint density at radius 1 is 1.56 bits per heavy atom. The van der Waals surface area contributed by atoms with Crippen LogP contribution in [-0.4, -0.2) is 27.8 Å². The van der Waals surface area contributed by atoms with E-state index in [4.69, 9.17) is 10.5 Å². The molecule has 0 aliphatic carbocycles. The summed E-state index contributed by atoms with van der Waals surface area (Å²) in [7, 11) is 1.31. The van der Waals surface area contributed by atoms with E-state index in [1.54, 1.807) is 0 Å². The van der Waals surface area contributed by atoms with Crippen LogP contribution in [0, 0.1) is 10.1 Å². The number of anilines is 1. The quantitative estimate of drug-likeness (QED) is 0.362. The molecule has 0 saturated heterocycles. The summed E-state index contributed by atoms with van der Waals surface area (Å²) in [6.45, 7) is 2.01. The number of hydrogen-bond donors (Lipinski definition) is 1. The number of ether oxygens (including phenoxy) is 1. The Hall–Kier alpha value is -1.57. The van der Waals surface area contributed by atoms with Gasteiger partial charge >= 0.3 is 11.6 Å². The first kappa shape index (κ1) is 12.5. The lowest BCUT2D eigenvalue weighted by molar-refractivity contribution is -0.385. The van der Waals surface area contributed by atoms with E-state index in [0.717, 1.165) is 12.2 Å². The summed E-state index contributed by atoms with van der Waals surface area (Å²) in [5.74, 6) is 0.548. The zero-order valence-corrected chi connectivity index (χ0v) is 9.78. The summed E-state index contributed by atoms with van der Waals surface area (Å²) in [6, 6.07) is 0. The van der Waals surface area contributed by atoms with Crippen LogP contribution in [0.4, 0.5) is 11.5 Å². The number of thioether (sulfide) groups is 1. The molecule has 0 spiro atoms. The van der Waals surface area contributed by atoms with Gasteiger partial charge in [0.1, 0.15) is 0 Å². The molecule has 0 unspecified atom stereocenters. The number of nitrogens with zero attached hydrogens (tertiary/aromatic N) is 3. The third-order valence-corrected chi connectivity index (χ3v) is 2.72. The first-order valence-electron chi connectivity index (χ1n) is 4.58. The van der Waals surface area contributed by atoms with Crippen molar-refractivity contribution in [1.82, 2.24) is 9.97 Å². The second-order valence-electron chi connectivity index (χ2n) is 2.85. The normalized spacial score (nSPS) is 10.1. The van der Waals surface area contributed by atoms with Crippen molar-refractivity contribution in [3.05, 3.63) is 10.1 Å². The van der Waals surface area contributed by atoms with Crippen molar-refractivity contribution in [2.24, 2.45) is 0 Å². The van der Waals surface area contributed by atoms with Crippen LogP contribution in [0.3, 0.4) is 0 Å². The van der Waals surface area contributed by atoms with Gasteiger partial charge in [-0.3, -0.25) is 10.1 Å². The Bertz CT molecular complexity index is 399. The first-order valence-corrected chi connectivity index (χ1v) is 5.57. The van der Waals surface area contributed by atoms with Crippen LogP contribution in [0.5, 0.6) is 5.88 Å². The van der Waals surface area contributed by atoms with Crippen molar-refractivity contribution in [3.8, 4) is 5.88 Å². The highest BCUT2D eigenvalue weighted by atomic mass is 32.2. The highest BCUT2D eigenvalue weighted by molar-refractivity contribution is 7.99. The maximum Gasteiger partial charge on any atom is 0.372 e. The molecule has 2 N–H and O–H groups in total. The van der Waals surface area contributed by atoms with Crippen LogP contribution in [-0.2, 0) is 0 Å². The van der Waals surface area contributed by atoms with Gasteiger partial charge in [-0.1, -0.05) is 18.7 Å². The average Bonchev–Trinajstić information content (AvgIpc) is 2.24. The van der Waals surface area contributed by atoms with Crippen molar-refractivity contribution < 1.29 is 9.66 Å². The third kappa shape index (κ3) is 2.72. The molecule has 88 valence electrons. The van der Waals surface area contributed by atoms with E-state index in [9.17, 15) is 10.1 Å². The van der Waals surface area contributed by atoms with Crippen LogP contribution in [0.15, 0.2) is 5.16 Å². The second-order valence-corrected chi connectivity index (χ2v) is 3.92. The Kier molecular flexibility index (Phi) is 4.29. The van der Waals surface area contributed by atoms with E-state index in [-0.39, 0.29) is 17.4 Å². The number of aromatic nitrogens is 2. The fourth-order valence-electron chi connectivity index (χ4n) is 1.00. The fourth-order valence-corrected chi connectivity index (χ4v) is 1.70. The van der Waals surface area contributed by atoms with Crippen molar-refractivity contribution >= 4 is 23.3 Å². The van der Waals surface area contributed by atoms with E-state index in [1.165, 1.54) is 18.9 Å². The Morgan fingerprint density at radius 2 is 2.25 bits per heavy atom. The van der Waals surface area contributed by atoms with E-state index < -0.39 is 4.92 Å². The number of nitrogens with two attached hydrogens (primary N) is 1. The van der Waals surface area contributed by atoms with Gasteiger partial charge in [-0.2, -0.15) is 9.97 Å². The van der Waals surface area contributed by atoms with E-state index in [2.05, 4.69) is 9.97 Å². The zero-order valence-electron chi connectivity index (χ0n) is 8.97. The van der Waals surface area contributed by atoms with Gasteiger partial charge in [-0.25, -0.2) is 0 Å². The van der Waals surface area contributed by atoms with Gasteiger partial charge in [0.25, 0.3) is 0 Å². The predicted octanol–water partition coefficient (Wildman–Crippen LogP) is 1.48. The molecule has 0 radical (unpaired) electrons. The molecule has 1 aromatic rings. The lowest BCUT2D eigenvalue weighted by Crippen LogP contribution is -2.05. The smallest absolute Gasteiger partial charge is 0.372 e. The molecule has 0 bridgehead atoms. The molecule has 16 heavy (non-hydrogen) atoms. The Morgan fingerprint density at radius 3 is 2.75 bits per heavy atom. The number of hydrogen-bond acceptors (Lipinski definition) is 7. The molecule has 1 heterocycles. The molecule has 1 rings (SSSR count). The highest BCUT2D eigenvalue weighted by Crippen LogP contribution is 2.31. The molecule has 0 saturated carbocycles. The van der Waals surface area contributed by atoms with E-state index in [0.29, 0.717) is 5.16 Å². The molecule has 0 atom stereocenters. The minimum absolute atomic E-state index is 0.101. The summed E-state index contributed by atoms with van der Waals surface area (Å²) in [5.41, 5.74) is 5.10. The summed E-state index contributed by atoms with van der Waals surface area (Å²) in [4.78, 5) is 17.8. The lowest BCUT2D eigenvalue weighted by Gasteiger charge is -2.04. The van der Waals surface area contributed by atoms with Gasteiger partial charge in [0.15, 0.2) is 5.16 Å². The van der Waals surface area contributed by atoms with Crippen molar-refractivity contribution in [2.75, 3.05) is 18.6 Å². The van der Waals surface area contributed by atoms with Crippen molar-refractivity contribution in [1.29, 1.82) is 0 Å². The van der Waals surface area contributed by atoms with Crippen LogP contribution in [0.2, 0.25) is 0 Å². The molecular weight excluding hydrogens is 232 g/mol. The van der Waals surface area contributed by atoms with Crippen molar-refractivity contribution in [3.63, 3.8) is 0 Å². The molecule has 0 aliphatic heterocycles. The van der Waals surface area contributed by atoms with E-state index in [1.807, 2.05) is 6.92 Å². The average molecular weight is 244 g/mol. The van der Waals surface area contributed by atoms with Gasteiger partial charge < -0.3 is 10.5 Å². The zero-order chi connectivity index (χ0) is 12.1. The van der Waals surface area contributed by atoms with E-state index >= 15 is 0 Å². The van der Waals surface area contributed by atoms with Gasteiger partial charge in [0, 0.05) is 5.75 Å². The molecule has 1 aromatic heterocycles. The summed E-state index contributed by atoms with van der Waals surface area (Å²) >= 11 is 1.38. The third-order valence-electron chi connectivity index (χ3n) is 1.67. The molecule has 0 amide bonds. The van der Waals surface area contributed by atoms with Gasteiger partial charge in [0.05, 0.1) is 12.0 Å². The minimum atomic E-state index is -0.650. The van der Waals surface area contributed by atoms with Gasteiger partial charge in [-0.15, -0.1) is 0 Å². The van der Waals surface area contributed by atoms with Crippen molar-refractivity contribution in [2.45, 2.75) is 18.5 Å². The van der Waals surface area contributed by atoms with Gasteiger partial charge in [0.2, 0.25) is 5.82 Å². The molecular formula is C8H12N4O3S. The molecule has 0 fully saturated rings. The highest BCUT2D eigenvalue weighted by Gasteiger charge is 2.23. The van der Waals surface area contributed by atoms with Crippen LogP contribution in [0.25, 0.3) is 0 Å². The lowest BCUT2D eigenvalue weighted by atomic mass is 10.5. The maximum absolute atomic E-state index is 10.7. The SMILES string of the molecule is CCCSc1nc(N)c([N+](=O)[O-])c(OC)n1. The van der Waals surface area contributed by atoms with Crippen LogP contribution >= 0.6 is 11.8 Å². The molecule has 0 aromatic carbocycles. The molecule has 7 nitrogen and oxygen atoms in total. The molecule has 0 aliphatic rings. The largest absolute Gasteiger partial charge is 0.476 e. The standard InChI is InChI=1S/C8H12N4O3S/c1-3-4-16-8-10-6(9)5(12(13)14)7(11-8)15-2/h3-4H2,1-2H3,(H2,9,10,11). The van der Waals surface area contributed by atoms with Crippen LogP contribution < -0.4 is 10.5 Å². The topological polar surface area (TPSA) is 104 Å². The molecule has 8 heteroatoms. The van der Waals surface area contributed by atoms with Crippen LogP contribution in [0.1, 0.15) is 13.3 Å². The second kappa shape index (κ2) is 5.50. The summed E-state index contributed by atoms with van der Waals surface area (Å²) in [5, 5.41) is 11.1. The minimum Gasteiger partial charge on any atom is -0.476 e. The number of nitrogen functional groups attached to an aromatic ring is 1. The summed E-state index contributed by atoms with van der Waals surface area (Å²) in [6.07, 6.45) is 0.952. The number of nitro groups is 1. The fraction of sp³-hybridized carbons (Fsp3) is 0.500. The maximum atomic E-state index is 10.7. The van der Waals surface area contributed by atoms with Gasteiger partial charge in [-0.05, 0) is 6.42 Å². The first-order chi connectivity index (χ1) is 7.60. The Balaban J connectivity index is 3.11. The number of rotatable bonds is 5.